The zero-order valence-electron chi connectivity index (χ0n) is 9.65. The molecule has 1 aliphatic rings. The molecule has 1 aliphatic heterocycles. The SMILES string of the molecule is Cc1cccc(C(=O)N2CCC2CCN)c1. The third-order valence-corrected chi connectivity index (χ3v) is 3.17. The fourth-order valence-electron chi connectivity index (χ4n) is 2.14. The number of nitrogens with two attached hydrogens (primary N) is 1. The normalized spacial score (nSPS) is 19.4. The minimum Gasteiger partial charge on any atom is -0.335 e. The first kappa shape index (κ1) is 11.1. The molecule has 0 aliphatic carbocycles. The number of aryl methyl sites for hydroxylation is 1. The molecule has 2 rings (SSSR count). The predicted molar refractivity (Wildman–Crippen MR) is 64.3 cm³/mol. The quantitative estimate of drug-likeness (QED) is 0.836. The fourth-order valence-corrected chi connectivity index (χ4v) is 2.14. The van der Waals surface area contributed by atoms with Crippen molar-refractivity contribution in [1.82, 2.24) is 4.90 Å². The van der Waals surface area contributed by atoms with Crippen LogP contribution in [0.2, 0.25) is 0 Å². The molecule has 0 bridgehead atoms. The lowest BCUT2D eigenvalue weighted by molar-refractivity contribution is 0.0450. The number of carbonyl (C=O) groups is 1. The van der Waals surface area contributed by atoms with Gasteiger partial charge in [-0.3, -0.25) is 4.79 Å². The van der Waals surface area contributed by atoms with Gasteiger partial charge in [-0.15, -0.1) is 0 Å². The van der Waals surface area contributed by atoms with E-state index >= 15 is 0 Å². The van der Waals surface area contributed by atoms with Gasteiger partial charge in [-0.05, 0) is 38.4 Å². The van der Waals surface area contributed by atoms with Crippen LogP contribution < -0.4 is 5.73 Å². The molecule has 1 heterocycles. The summed E-state index contributed by atoms with van der Waals surface area (Å²) in [7, 11) is 0. The number of rotatable bonds is 3. The van der Waals surface area contributed by atoms with Gasteiger partial charge < -0.3 is 10.6 Å². The second-order valence-electron chi connectivity index (χ2n) is 4.39. The topological polar surface area (TPSA) is 46.3 Å². The van der Waals surface area contributed by atoms with E-state index in [1.54, 1.807) is 0 Å². The molecule has 1 atom stereocenters. The third-order valence-electron chi connectivity index (χ3n) is 3.17. The van der Waals surface area contributed by atoms with Crippen molar-refractivity contribution >= 4 is 5.91 Å². The van der Waals surface area contributed by atoms with Crippen LogP contribution in [0, 0.1) is 6.92 Å². The first-order valence-corrected chi connectivity index (χ1v) is 5.80. The van der Waals surface area contributed by atoms with Gasteiger partial charge in [0.2, 0.25) is 0 Å². The van der Waals surface area contributed by atoms with Gasteiger partial charge in [0.15, 0.2) is 0 Å². The Kier molecular flexibility index (Phi) is 3.25. The van der Waals surface area contributed by atoms with E-state index in [2.05, 4.69) is 0 Å². The minimum absolute atomic E-state index is 0.147. The van der Waals surface area contributed by atoms with Crippen molar-refractivity contribution in [1.29, 1.82) is 0 Å². The summed E-state index contributed by atoms with van der Waals surface area (Å²) in [6.45, 7) is 3.53. The van der Waals surface area contributed by atoms with Crippen molar-refractivity contribution in [2.75, 3.05) is 13.1 Å². The van der Waals surface area contributed by atoms with Gasteiger partial charge in [0, 0.05) is 18.2 Å². The molecule has 3 heteroatoms. The van der Waals surface area contributed by atoms with E-state index in [0.29, 0.717) is 12.6 Å². The van der Waals surface area contributed by atoms with Crippen LogP contribution in [0.3, 0.4) is 0 Å². The number of likely N-dealkylation sites (tertiary alicyclic amines) is 1. The monoisotopic (exact) mass is 218 g/mol. The van der Waals surface area contributed by atoms with E-state index in [0.717, 1.165) is 30.5 Å². The van der Waals surface area contributed by atoms with E-state index in [-0.39, 0.29) is 5.91 Å². The van der Waals surface area contributed by atoms with E-state index in [4.69, 9.17) is 5.73 Å². The molecular weight excluding hydrogens is 200 g/mol. The Morgan fingerprint density at radius 2 is 2.38 bits per heavy atom. The predicted octanol–water partition coefficient (Wildman–Crippen LogP) is 1.56. The molecule has 0 saturated carbocycles. The van der Waals surface area contributed by atoms with Crippen LogP contribution in [-0.4, -0.2) is 29.9 Å². The van der Waals surface area contributed by atoms with Crippen LogP contribution in [0.5, 0.6) is 0 Å². The summed E-state index contributed by atoms with van der Waals surface area (Å²) >= 11 is 0. The number of benzene rings is 1. The second kappa shape index (κ2) is 4.66. The molecule has 1 aromatic carbocycles. The number of nitrogens with zero attached hydrogens (tertiary/aromatic N) is 1. The maximum Gasteiger partial charge on any atom is 0.254 e. The smallest absolute Gasteiger partial charge is 0.254 e. The zero-order valence-corrected chi connectivity index (χ0v) is 9.65. The standard InChI is InChI=1S/C13H18N2O/c1-10-3-2-4-11(9-10)13(16)15-8-6-12(15)5-7-14/h2-4,9,12H,5-8,14H2,1H3. The molecule has 16 heavy (non-hydrogen) atoms. The zero-order chi connectivity index (χ0) is 11.5. The average molecular weight is 218 g/mol. The summed E-state index contributed by atoms with van der Waals surface area (Å²) in [4.78, 5) is 14.1. The van der Waals surface area contributed by atoms with Gasteiger partial charge in [0.05, 0.1) is 0 Å². The summed E-state index contributed by atoms with van der Waals surface area (Å²) in [5, 5.41) is 0. The largest absolute Gasteiger partial charge is 0.335 e. The summed E-state index contributed by atoms with van der Waals surface area (Å²) in [6, 6.07) is 8.12. The highest BCUT2D eigenvalue weighted by Crippen LogP contribution is 2.22. The number of amides is 1. The second-order valence-corrected chi connectivity index (χ2v) is 4.39. The summed E-state index contributed by atoms with van der Waals surface area (Å²) < 4.78 is 0. The Bertz CT molecular complexity index is 389. The first-order valence-electron chi connectivity index (χ1n) is 5.80. The van der Waals surface area contributed by atoms with Crippen molar-refractivity contribution in [3.05, 3.63) is 35.4 Å². The molecule has 3 nitrogen and oxygen atoms in total. The van der Waals surface area contributed by atoms with Crippen LogP contribution >= 0.6 is 0 Å². The lowest BCUT2D eigenvalue weighted by Gasteiger charge is -2.41. The molecule has 0 spiro atoms. The Labute approximate surface area is 96.2 Å². The van der Waals surface area contributed by atoms with Crippen LogP contribution in [0.4, 0.5) is 0 Å². The van der Waals surface area contributed by atoms with Crippen molar-refractivity contribution in [3.8, 4) is 0 Å². The average Bonchev–Trinajstić information content (AvgIpc) is 2.24. The van der Waals surface area contributed by atoms with E-state index < -0.39 is 0 Å². The van der Waals surface area contributed by atoms with E-state index in [1.165, 1.54) is 0 Å². The number of hydrogen-bond donors (Lipinski definition) is 1. The molecule has 86 valence electrons. The van der Waals surface area contributed by atoms with Crippen LogP contribution in [0.1, 0.15) is 28.8 Å². The molecule has 1 unspecified atom stereocenters. The Hall–Kier alpha value is -1.35. The van der Waals surface area contributed by atoms with Crippen molar-refractivity contribution in [2.45, 2.75) is 25.8 Å². The maximum atomic E-state index is 12.1. The number of hydrogen-bond acceptors (Lipinski definition) is 2. The molecule has 2 N–H and O–H groups in total. The number of carbonyl (C=O) groups excluding carboxylic acids is 1. The summed E-state index contributed by atoms with van der Waals surface area (Å²) in [6.07, 6.45) is 2.01. The molecule has 1 aromatic rings. The Morgan fingerprint density at radius 3 is 2.94 bits per heavy atom. The van der Waals surface area contributed by atoms with Crippen molar-refractivity contribution in [2.24, 2.45) is 5.73 Å². The molecule has 1 fully saturated rings. The molecule has 0 radical (unpaired) electrons. The lowest BCUT2D eigenvalue weighted by atomic mass is 9.98. The lowest BCUT2D eigenvalue weighted by Crippen LogP contribution is -2.51. The van der Waals surface area contributed by atoms with Crippen molar-refractivity contribution < 1.29 is 4.79 Å². The van der Waals surface area contributed by atoms with Gasteiger partial charge in [0.1, 0.15) is 0 Å². The van der Waals surface area contributed by atoms with Gasteiger partial charge in [0.25, 0.3) is 5.91 Å². The highest BCUT2D eigenvalue weighted by atomic mass is 16.2. The van der Waals surface area contributed by atoms with Gasteiger partial charge >= 0.3 is 0 Å². The highest BCUT2D eigenvalue weighted by molar-refractivity contribution is 5.95. The first-order chi connectivity index (χ1) is 7.72. The highest BCUT2D eigenvalue weighted by Gasteiger charge is 2.31. The van der Waals surface area contributed by atoms with Gasteiger partial charge in [-0.1, -0.05) is 17.7 Å². The maximum absolute atomic E-state index is 12.1. The molecule has 1 amide bonds. The third kappa shape index (κ3) is 2.09. The van der Waals surface area contributed by atoms with Crippen molar-refractivity contribution in [3.63, 3.8) is 0 Å². The Morgan fingerprint density at radius 1 is 1.56 bits per heavy atom. The van der Waals surface area contributed by atoms with Crippen LogP contribution in [0.25, 0.3) is 0 Å². The van der Waals surface area contributed by atoms with Crippen LogP contribution in [0.15, 0.2) is 24.3 Å². The molecule has 0 aromatic heterocycles. The summed E-state index contributed by atoms with van der Waals surface area (Å²) in [5.74, 6) is 0.147. The summed E-state index contributed by atoms with van der Waals surface area (Å²) in [5.41, 5.74) is 7.45. The minimum atomic E-state index is 0.147. The fraction of sp³-hybridized carbons (Fsp3) is 0.462. The Balaban J connectivity index is 2.08. The van der Waals surface area contributed by atoms with Gasteiger partial charge in [-0.25, -0.2) is 0 Å². The van der Waals surface area contributed by atoms with E-state index in [1.807, 2.05) is 36.1 Å². The molecular formula is C13H18N2O. The van der Waals surface area contributed by atoms with Gasteiger partial charge in [-0.2, -0.15) is 0 Å². The molecule has 1 saturated heterocycles. The van der Waals surface area contributed by atoms with Crippen LogP contribution in [-0.2, 0) is 0 Å². The van der Waals surface area contributed by atoms with E-state index in [9.17, 15) is 4.79 Å².